The van der Waals surface area contributed by atoms with Gasteiger partial charge >= 0.3 is 0 Å². The molecule has 0 spiro atoms. The van der Waals surface area contributed by atoms with Crippen LogP contribution in [0.3, 0.4) is 0 Å². The number of methoxy groups -OCH3 is 1. The van der Waals surface area contributed by atoms with E-state index in [0.717, 1.165) is 25.8 Å². The first-order chi connectivity index (χ1) is 7.66. The molecule has 1 atom stereocenters. The normalized spacial score (nSPS) is 15.0. The predicted octanol–water partition coefficient (Wildman–Crippen LogP) is 1.49. The van der Waals surface area contributed by atoms with Gasteiger partial charge in [-0.2, -0.15) is 4.98 Å². The maximum Gasteiger partial charge on any atom is 0.226 e. The van der Waals surface area contributed by atoms with Gasteiger partial charge in [-0.3, -0.25) is 0 Å². The van der Waals surface area contributed by atoms with Crippen molar-refractivity contribution in [2.45, 2.75) is 38.7 Å². The highest BCUT2D eigenvalue weighted by atomic mass is 16.5. The zero-order valence-corrected chi connectivity index (χ0v) is 10.5. The van der Waals surface area contributed by atoms with Crippen molar-refractivity contribution in [1.82, 2.24) is 15.5 Å². The Bertz CT molecular complexity index is 308. The van der Waals surface area contributed by atoms with Crippen molar-refractivity contribution < 1.29 is 9.26 Å². The third kappa shape index (κ3) is 3.02. The SMILES string of the molecule is CCC(C)(OC)c1noc(CCCNC)n1. The fourth-order valence-electron chi connectivity index (χ4n) is 1.38. The van der Waals surface area contributed by atoms with E-state index in [0.29, 0.717) is 11.7 Å². The van der Waals surface area contributed by atoms with Crippen LogP contribution in [0.4, 0.5) is 0 Å². The number of aryl methyl sites for hydroxylation is 1. The maximum absolute atomic E-state index is 5.41. The van der Waals surface area contributed by atoms with E-state index in [1.165, 1.54) is 0 Å². The van der Waals surface area contributed by atoms with Crippen LogP contribution in [0.15, 0.2) is 4.52 Å². The highest BCUT2D eigenvalue weighted by Crippen LogP contribution is 2.25. The van der Waals surface area contributed by atoms with Gasteiger partial charge in [0.2, 0.25) is 11.7 Å². The summed E-state index contributed by atoms with van der Waals surface area (Å²) in [5.74, 6) is 1.32. The van der Waals surface area contributed by atoms with Crippen LogP contribution in [0.25, 0.3) is 0 Å². The molecule has 0 fully saturated rings. The smallest absolute Gasteiger partial charge is 0.226 e. The van der Waals surface area contributed by atoms with Gasteiger partial charge in [-0.15, -0.1) is 0 Å². The summed E-state index contributed by atoms with van der Waals surface area (Å²) in [4.78, 5) is 4.37. The Labute approximate surface area is 96.6 Å². The number of rotatable bonds is 7. The Morgan fingerprint density at radius 1 is 1.50 bits per heavy atom. The molecule has 0 saturated carbocycles. The quantitative estimate of drug-likeness (QED) is 0.715. The van der Waals surface area contributed by atoms with Crippen molar-refractivity contribution >= 4 is 0 Å². The maximum atomic E-state index is 5.41. The molecule has 0 aliphatic rings. The molecule has 0 aliphatic heterocycles. The van der Waals surface area contributed by atoms with E-state index in [1.54, 1.807) is 7.11 Å². The second kappa shape index (κ2) is 5.96. The van der Waals surface area contributed by atoms with E-state index in [2.05, 4.69) is 15.5 Å². The largest absolute Gasteiger partial charge is 0.370 e. The molecule has 0 bridgehead atoms. The van der Waals surface area contributed by atoms with Crippen molar-refractivity contribution in [3.63, 3.8) is 0 Å². The molecular formula is C11H21N3O2. The van der Waals surface area contributed by atoms with E-state index in [-0.39, 0.29) is 0 Å². The first-order valence-electron chi connectivity index (χ1n) is 5.69. The lowest BCUT2D eigenvalue weighted by molar-refractivity contribution is -0.0106. The van der Waals surface area contributed by atoms with Crippen molar-refractivity contribution in [2.75, 3.05) is 20.7 Å². The minimum Gasteiger partial charge on any atom is -0.370 e. The zero-order chi connectivity index (χ0) is 12.0. The van der Waals surface area contributed by atoms with Gasteiger partial charge in [-0.1, -0.05) is 12.1 Å². The number of nitrogens with one attached hydrogen (secondary N) is 1. The topological polar surface area (TPSA) is 60.2 Å². The molecule has 0 aliphatic carbocycles. The molecule has 0 amide bonds. The summed E-state index contributed by atoms with van der Waals surface area (Å²) >= 11 is 0. The summed E-state index contributed by atoms with van der Waals surface area (Å²) in [6.45, 7) is 4.96. The Kier molecular flexibility index (Phi) is 4.89. The van der Waals surface area contributed by atoms with Crippen LogP contribution in [0.5, 0.6) is 0 Å². The molecule has 1 unspecified atom stereocenters. The molecule has 1 heterocycles. The van der Waals surface area contributed by atoms with Crippen LogP contribution < -0.4 is 5.32 Å². The molecular weight excluding hydrogens is 206 g/mol. The molecule has 16 heavy (non-hydrogen) atoms. The summed E-state index contributed by atoms with van der Waals surface area (Å²) in [5, 5.41) is 7.06. The molecule has 1 rings (SSSR count). The van der Waals surface area contributed by atoms with Gasteiger partial charge in [0, 0.05) is 13.5 Å². The Morgan fingerprint density at radius 3 is 2.81 bits per heavy atom. The summed E-state index contributed by atoms with van der Waals surface area (Å²) in [7, 11) is 3.60. The highest BCUT2D eigenvalue weighted by Gasteiger charge is 2.29. The van der Waals surface area contributed by atoms with Crippen LogP contribution in [0.1, 0.15) is 38.4 Å². The standard InChI is InChI=1S/C11H21N3O2/c1-5-11(2,15-4)10-13-9(16-14-10)7-6-8-12-3/h12H,5-8H2,1-4H3. The first-order valence-corrected chi connectivity index (χ1v) is 5.69. The summed E-state index contributed by atoms with van der Waals surface area (Å²) in [6, 6.07) is 0. The van der Waals surface area contributed by atoms with Crippen LogP contribution in [0, 0.1) is 0 Å². The van der Waals surface area contributed by atoms with Gasteiger partial charge in [0.1, 0.15) is 5.60 Å². The summed E-state index contributed by atoms with van der Waals surface area (Å²) < 4.78 is 10.6. The minimum atomic E-state index is -0.440. The molecule has 0 radical (unpaired) electrons. The number of hydrogen-bond donors (Lipinski definition) is 1. The van der Waals surface area contributed by atoms with E-state index >= 15 is 0 Å². The van der Waals surface area contributed by atoms with Gasteiger partial charge < -0.3 is 14.6 Å². The predicted molar refractivity (Wildman–Crippen MR) is 61.2 cm³/mol. The van der Waals surface area contributed by atoms with Crippen molar-refractivity contribution in [2.24, 2.45) is 0 Å². The molecule has 92 valence electrons. The number of hydrogen-bond acceptors (Lipinski definition) is 5. The molecule has 5 heteroatoms. The van der Waals surface area contributed by atoms with E-state index in [9.17, 15) is 0 Å². The number of nitrogens with zero attached hydrogens (tertiary/aromatic N) is 2. The highest BCUT2D eigenvalue weighted by molar-refractivity contribution is 4.99. The Hall–Kier alpha value is -0.940. The monoisotopic (exact) mass is 227 g/mol. The second-order valence-corrected chi connectivity index (χ2v) is 4.01. The zero-order valence-electron chi connectivity index (χ0n) is 10.5. The van der Waals surface area contributed by atoms with E-state index < -0.39 is 5.60 Å². The third-order valence-corrected chi connectivity index (χ3v) is 2.88. The molecule has 1 aromatic heterocycles. The second-order valence-electron chi connectivity index (χ2n) is 4.01. The van der Waals surface area contributed by atoms with Crippen molar-refractivity contribution in [1.29, 1.82) is 0 Å². The molecule has 5 nitrogen and oxygen atoms in total. The van der Waals surface area contributed by atoms with Crippen molar-refractivity contribution in [3.05, 3.63) is 11.7 Å². The Morgan fingerprint density at radius 2 is 2.25 bits per heavy atom. The molecule has 0 aromatic carbocycles. The van der Waals surface area contributed by atoms with Gasteiger partial charge in [0.15, 0.2) is 0 Å². The number of ether oxygens (including phenoxy) is 1. The molecule has 1 aromatic rings. The molecule has 1 N–H and O–H groups in total. The third-order valence-electron chi connectivity index (χ3n) is 2.88. The van der Waals surface area contributed by atoms with Gasteiger partial charge in [0.25, 0.3) is 0 Å². The lowest BCUT2D eigenvalue weighted by Crippen LogP contribution is -2.24. The fraction of sp³-hybridized carbons (Fsp3) is 0.818. The molecule has 0 saturated heterocycles. The van der Waals surface area contributed by atoms with Gasteiger partial charge in [0.05, 0.1) is 0 Å². The lowest BCUT2D eigenvalue weighted by atomic mass is 10.0. The first kappa shape index (κ1) is 13.1. The van der Waals surface area contributed by atoms with Gasteiger partial charge in [-0.05, 0) is 33.4 Å². The van der Waals surface area contributed by atoms with E-state index in [4.69, 9.17) is 9.26 Å². The summed E-state index contributed by atoms with van der Waals surface area (Å²) in [6.07, 6.45) is 2.62. The van der Waals surface area contributed by atoms with Crippen LogP contribution in [0.2, 0.25) is 0 Å². The number of aromatic nitrogens is 2. The van der Waals surface area contributed by atoms with E-state index in [1.807, 2.05) is 20.9 Å². The van der Waals surface area contributed by atoms with Gasteiger partial charge in [-0.25, -0.2) is 0 Å². The Balaban J connectivity index is 2.63. The van der Waals surface area contributed by atoms with Crippen LogP contribution >= 0.6 is 0 Å². The lowest BCUT2D eigenvalue weighted by Gasteiger charge is -2.21. The van der Waals surface area contributed by atoms with Crippen molar-refractivity contribution in [3.8, 4) is 0 Å². The summed E-state index contributed by atoms with van der Waals surface area (Å²) in [5.41, 5.74) is -0.440. The van der Waals surface area contributed by atoms with Crippen LogP contribution in [-0.4, -0.2) is 30.8 Å². The average molecular weight is 227 g/mol. The average Bonchev–Trinajstić information content (AvgIpc) is 2.78. The van der Waals surface area contributed by atoms with Crippen LogP contribution in [-0.2, 0) is 16.8 Å². The minimum absolute atomic E-state index is 0.440. The fourth-order valence-corrected chi connectivity index (χ4v) is 1.38.